The van der Waals surface area contributed by atoms with Crippen LogP contribution in [0.25, 0.3) is 16.8 Å². The van der Waals surface area contributed by atoms with Crippen molar-refractivity contribution in [1.82, 2.24) is 0 Å². The van der Waals surface area contributed by atoms with Crippen LogP contribution in [0.5, 0.6) is 0 Å². The number of nitrogens with zero attached hydrogens (tertiary/aromatic N) is 2. The molecule has 0 saturated carbocycles. The van der Waals surface area contributed by atoms with Gasteiger partial charge in [-0.15, -0.1) is 19.6 Å². The van der Waals surface area contributed by atoms with Crippen molar-refractivity contribution in [3.63, 3.8) is 0 Å². The fourth-order valence-corrected chi connectivity index (χ4v) is 1.81. The van der Waals surface area contributed by atoms with Gasteiger partial charge < -0.3 is 16.8 Å². The van der Waals surface area contributed by atoms with E-state index in [0.29, 0.717) is 0 Å². The van der Waals surface area contributed by atoms with Gasteiger partial charge >= 0.3 is 107 Å². The molecule has 32 heavy (non-hydrogen) atoms. The topological polar surface area (TPSA) is 278 Å². The molecular formula is C10H27N3O11Se2V6-3. The third kappa shape index (κ3) is 63.9. The van der Waals surface area contributed by atoms with E-state index in [1.807, 2.05) is 6.20 Å². The molecule has 2 rings (SSSR count). The van der Waals surface area contributed by atoms with Crippen LogP contribution in [0, 0.1) is 5.92 Å². The summed E-state index contributed by atoms with van der Waals surface area (Å²) in [5.41, 5.74) is 1.49. The van der Waals surface area contributed by atoms with E-state index in [4.69, 9.17) is 44.6 Å². The molecule has 2 aliphatic rings. The predicted molar refractivity (Wildman–Crippen MR) is 92.2 cm³/mol. The van der Waals surface area contributed by atoms with Crippen LogP contribution in [0.1, 0.15) is 12.8 Å². The second kappa shape index (κ2) is 44.0. The molecule has 22 heteroatoms. The SMILES string of the molecule is C1=CC(C2CC[N-]CC2)=CC[N-]1.O[SeH](O)O.O[SeH](O)O.[NH2-].[O]=[V]([OH])[OH].[O]=[V][OH].[V].[V].[V].[V]. The average Bonchev–Trinajstić information content (AvgIpc) is 2.56. The number of rotatable bonds is 1. The Morgan fingerprint density at radius 2 is 1.25 bits per heavy atom. The number of allylic oxidation sites excluding steroid dienone is 2. The summed E-state index contributed by atoms with van der Waals surface area (Å²) < 4.78 is 82.8. The van der Waals surface area contributed by atoms with E-state index >= 15 is 0 Å². The average molecular weight is 829 g/mol. The van der Waals surface area contributed by atoms with Gasteiger partial charge in [0.15, 0.2) is 0 Å². The van der Waals surface area contributed by atoms with E-state index in [9.17, 15) is 0 Å². The van der Waals surface area contributed by atoms with Gasteiger partial charge in [-0.25, -0.2) is 0 Å². The summed E-state index contributed by atoms with van der Waals surface area (Å²) in [6.45, 7) is 2.97. The van der Waals surface area contributed by atoms with Crippen molar-refractivity contribution in [3.8, 4) is 0 Å². The fourth-order valence-electron chi connectivity index (χ4n) is 1.81. The van der Waals surface area contributed by atoms with Crippen LogP contribution in [0.3, 0.4) is 0 Å². The molecule has 0 unspecified atom stereocenters. The zero-order valence-corrected chi connectivity index (χ0v) is 28.4. The van der Waals surface area contributed by atoms with Gasteiger partial charge in [-0.3, -0.25) is 0 Å². The molecular weight excluding hydrogens is 802 g/mol. The minimum absolute atomic E-state index is 0. The van der Waals surface area contributed by atoms with Crippen molar-refractivity contribution >= 4 is 29.8 Å². The van der Waals surface area contributed by atoms with Gasteiger partial charge in [0.05, 0.1) is 0 Å². The van der Waals surface area contributed by atoms with Gasteiger partial charge in [-0.1, -0.05) is 30.6 Å². The van der Waals surface area contributed by atoms with Crippen LogP contribution in [-0.4, -0.2) is 86.6 Å². The molecule has 193 valence electrons. The maximum Gasteiger partial charge on any atom is 0 e. The van der Waals surface area contributed by atoms with Gasteiger partial charge in [-0.05, 0) is 5.92 Å². The van der Waals surface area contributed by atoms with E-state index in [1.54, 1.807) is 0 Å². The van der Waals surface area contributed by atoms with Crippen LogP contribution in [-0.2, 0) is 114 Å². The summed E-state index contributed by atoms with van der Waals surface area (Å²) in [5, 5.41) is 8.49. The third-order valence-electron chi connectivity index (χ3n) is 2.55. The third-order valence-corrected chi connectivity index (χ3v) is 2.55. The minimum atomic E-state index is -3.44. The summed E-state index contributed by atoms with van der Waals surface area (Å²) in [5.74, 6) is 0.759. The van der Waals surface area contributed by atoms with Gasteiger partial charge in [0.25, 0.3) is 0 Å². The Kier molecular flexibility index (Phi) is 76.3. The molecule has 1 fully saturated rings. The van der Waals surface area contributed by atoms with Crippen LogP contribution in [0.2, 0.25) is 0 Å². The Balaban J connectivity index is -0.0000000416. The molecule has 0 aromatic carbocycles. The maximum atomic E-state index is 8.78. The van der Waals surface area contributed by atoms with Crippen molar-refractivity contribution in [2.75, 3.05) is 19.6 Å². The second-order valence-electron chi connectivity index (χ2n) is 4.20. The molecule has 0 aromatic heterocycles. The minimum Gasteiger partial charge on any atom is 0 e. The quantitative estimate of drug-likeness (QED) is 0.119. The molecule has 0 atom stereocenters. The van der Waals surface area contributed by atoms with Crippen LogP contribution < -0.4 is 0 Å². The fraction of sp³-hybridized carbons (Fsp3) is 0.600. The zero-order chi connectivity index (χ0) is 21.7. The molecule has 0 aromatic rings. The van der Waals surface area contributed by atoms with Crippen molar-refractivity contribution < 1.29 is 151 Å². The number of nitrogens with two attached hydrogens (primary N) is 1. The smallest absolute Gasteiger partial charge is 0 e. The number of hydrogen-bond acceptors (Lipinski definition) is 8. The Labute approximate surface area is 257 Å². The largest absolute Gasteiger partial charge is 0 e. The van der Waals surface area contributed by atoms with Crippen molar-refractivity contribution in [2.24, 2.45) is 5.92 Å². The summed E-state index contributed by atoms with van der Waals surface area (Å²) in [6.07, 6.45) is 8.79. The first kappa shape index (κ1) is 55.5. The van der Waals surface area contributed by atoms with Crippen molar-refractivity contribution in [2.45, 2.75) is 12.8 Å². The van der Waals surface area contributed by atoms with Gasteiger partial charge in [0.1, 0.15) is 0 Å². The van der Waals surface area contributed by atoms with Crippen molar-refractivity contribution in [3.05, 3.63) is 40.7 Å². The van der Waals surface area contributed by atoms with E-state index < -0.39 is 62.2 Å². The number of piperidine rings is 1. The number of hydrogen-bond donors (Lipinski definition) is 9. The van der Waals surface area contributed by atoms with Gasteiger partial charge in [0.2, 0.25) is 0 Å². The van der Waals surface area contributed by atoms with Gasteiger partial charge in [-0.2, -0.15) is 6.20 Å². The molecule has 1 saturated heterocycles. The molecule has 0 amide bonds. The molecule has 4 radical (unpaired) electrons. The molecule has 2 aliphatic heterocycles. The first-order chi connectivity index (χ1) is 12.6. The van der Waals surface area contributed by atoms with Crippen LogP contribution >= 0.6 is 0 Å². The monoisotopic (exact) mass is 831 g/mol. The first-order valence-corrected chi connectivity index (χ1v) is 14.8. The molecule has 11 N–H and O–H groups in total. The molecule has 0 aliphatic carbocycles. The van der Waals surface area contributed by atoms with E-state index in [-0.39, 0.29) is 80.4 Å². The van der Waals surface area contributed by atoms with E-state index in [1.165, 1.54) is 18.4 Å². The Hall–Kier alpha value is 2.99. The summed E-state index contributed by atoms with van der Waals surface area (Å²) in [6, 6.07) is 0. The van der Waals surface area contributed by atoms with E-state index in [0.717, 1.165) is 25.6 Å². The summed E-state index contributed by atoms with van der Waals surface area (Å²) in [4.78, 5) is 0. The van der Waals surface area contributed by atoms with Crippen molar-refractivity contribution in [1.29, 1.82) is 0 Å². The van der Waals surface area contributed by atoms with E-state index in [2.05, 4.69) is 22.8 Å². The first-order valence-electron chi connectivity index (χ1n) is 6.80. The Morgan fingerprint density at radius 1 is 0.938 bits per heavy atom. The molecule has 0 bridgehead atoms. The molecule has 2 heterocycles. The second-order valence-corrected chi connectivity index (χ2v) is 7.50. The standard InChI is InChI=1S/C10H14N2.H2N.2H4O3Se.3H2O.2O.6V/c1-5-11-6-2-9(1)10-3-7-12-8-4-10;;2*1-4(2)3;;;;;;;;;;;/h1-2,5,10H,3-4,6-8H2;1H2;2*1-4H;3*1H2;;;;;;;;/q-2;-1;;;;;;;;;;;;+1;+2/p-3. The molecule has 0 spiro atoms. The Morgan fingerprint density at radius 3 is 1.50 bits per heavy atom. The van der Waals surface area contributed by atoms with Crippen LogP contribution in [0.4, 0.5) is 0 Å². The molecule has 14 nitrogen and oxygen atoms in total. The normalized spacial score (nSPS) is 13.3. The maximum absolute atomic E-state index is 8.78. The summed E-state index contributed by atoms with van der Waals surface area (Å²) in [7, 11) is 0. The zero-order valence-electron chi connectivity index (χ0n) is 16.2. The van der Waals surface area contributed by atoms with Crippen LogP contribution in [0.15, 0.2) is 23.9 Å². The van der Waals surface area contributed by atoms with Gasteiger partial charge in [0, 0.05) is 74.2 Å². The predicted octanol–water partition coefficient (Wildman–Crippen LogP) is -3.25. The Bertz CT molecular complexity index is 424. The summed E-state index contributed by atoms with van der Waals surface area (Å²) >= 11 is -11.4.